The maximum absolute atomic E-state index is 13.3. The van der Waals surface area contributed by atoms with E-state index in [9.17, 15) is 19.5 Å². The third-order valence-corrected chi connectivity index (χ3v) is 8.95. The summed E-state index contributed by atoms with van der Waals surface area (Å²) in [6, 6.07) is 6.71. The molecule has 5 N–H and O–H groups in total. The summed E-state index contributed by atoms with van der Waals surface area (Å²) in [6.07, 6.45) is 4.54. The second-order valence-electron chi connectivity index (χ2n) is 12.4. The van der Waals surface area contributed by atoms with E-state index in [1.807, 2.05) is 37.9 Å². The lowest BCUT2D eigenvalue weighted by atomic mass is 9.75. The predicted octanol–water partition coefficient (Wildman–Crippen LogP) is 2.28. The van der Waals surface area contributed by atoms with Gasteiger partial charge in [-0.05, 0) is 62.7 Å². The number of benzene rings is 1. The summed E-state index contributed by atoms with van der Waals surface area (Å²) < 4.78 is 18.4. The van der Waals surface area contributed by atoms with Gasteiger partial charge in [0.1, 0.15) is 16.9 Å². The van der Waals surface area contributed by atoms with Crippen molar-refractivity contribution in [1.82, 2.24) is 15.5 Å². The first kappa shape index (κ1) is 31.3. The van der Waals surface area contributed by atoms with E-state index in [1.54, 1.807) is 25.1 Å². The molecule has 5 rings (SSSR count). The van der Waals surface area contributed by atoms with Crippen molar-refractivity contribution in [2.45, 2.75) is 57.7 Å². The minimum Gasteiger partial charge on any atom is -0.482 e. The lowest BCUT2D eigenvalue weighted by Gasteiger charge is -2.43. The zero-order chi connectivity index (χ0) is 31.6. The van der Waals surface area contributed by atoms with Gasteiger partial charge < -0.3 is 40.3 Å². The number of nitrogens with zero attached hydrogens (tertiary/aromatic N) is 1. The molecule has 3 aliphatic rings. The van der Waals surface area contributed by atoms with Crippen molar-refractivity contribution >= 4 is 22.8 Å². The van der Waals surface area contributed by atoms with Crippen LogP contribution in [0.4, 0.5) is 0 Å². The lowest BCUT2D eigenvalue weighted by molar-refractivity contribution is -0.174. The number of fused-ring (bicyclic) bond motifs is 2. The highest BCUT2D eigenvalue weighted by Gasteiger charge is 2.55. The highest BCUT2D eigenvalue weighted by atomic mass is 16.6. The van der Waals surface area contributed by atoms with E-state index in [1.165, 1.54) is 6.07 Å². The fourth-order valence-electron chi connectivity index (χ4n) is 6.26. The van der Waals surface area contributed by atoms with Crippen molar-refractivity contribution in [3.63, 3.8) is 0 Å². The third-order valence-electron chi connectivity index (χ3n) is 8.95. The van der Waals surface area contributed by atoms with Gasteiger partial charge in [0.25, 0.3) is 0 Å². The quantitative estimate of drug-likeness (QED) is 0.170. The van der Waals surface area contributed by atoms with Crippen LogP contribution in [0.15, 0.2) is 68.2 Å². The molecule has 1 aromatic carbocycles. The van der Waals surface area contributed by atoms with Gasteiger partial charge in [0.05, 0.1) is 12.2 Å². The minimum atomic E-state index is -1.19. The second-order valence-corrected chi connectivity index (χ2v) is 12.4. The Balaban J connectivity index is 1.51. The van der Waals surface area contributed by atoms with Gasteiger partial charge >= 0.3 is 11.6 Å². The highest BCUT2D eigenvalue weighted by molar-refractivity contribution is 5.88. The molecular formula is C33H42N4O7. The van der Waals surface area contributed by atoms with Crippen LogP contribution in [0.25, 0.3) is 11.0 Å². The zero-order valence-corrected chi connectivity index (χ0v) is 25.8. The van der Waals surface area contributed by atoms with Crippen molar-refractivity contribution in [1.29, 1.82) is 0 Å². The van der Waals surface area contributed by atoms with Gasteiger partial charge in [-0.15, -0.1) is 0 Å². The fraction of sp³-hybridized carbons (Fsp3) is 0.485. The van der Waals surface area contributed by atoms with Crippen molar-refractivity contribution in [3.8, 4) is 5.75 Å². The van der Waals surface area contributed by atoms with Crippen LogP contribution in [-0.2, 0) is 20.7 Å². The van der Waals surface area contributed by atoms with Crippen LogP contribution in [0, 0.1) is 5.92 Å². The van der Waals surface area contributed by atoms with Crippen LogP contribution in [0.3, 0.4) is 0 Å². The molecule has 1 saturated heterocycles. The summed E-state index contributed by atoms with van der Waals surface area (Å²) in [6.45, 7) is 7.90. The number of nitrogens with two attached hydrogens (primary N) is 1. The Hall–Kier alpha value is -4.09. The summed E-state index contributed by atoms with van der Waals surface area (Å²) in [4.78, 5) is 40.4. The van der Waals surface area contributed by atoms with Crippen LogP contribution < -0.4 is 26.7 Å². The maximum atomic E-state index is 13.3. The highest BCUT2D eigenvalue weighted by Crippen LogP contribution is 2.48. The third kappa shape index (κ3) is 6.25. The number of esters is 1. The van der Waals surface area contributed by atoms with E-state index in [0.717, 1.165) is 41.7 Å². The second kappa shape index (κ2) is 12.5. The number of allylic oxidation sites excluding steroid dienone is 2. The summed E-state index contributed by atoms with van der Waals surface area (Å²) >= 11 is 0. The number of carbonyl (C=O) groups excluding carboxylic acids is 2. The summed E-state index contributed by atoms with van der Waals surface area (Å²) in [5, 5.41) is 16.6. The average molecular weight is 607 g/mol. The number of carbonyl (C=O) groups is 2. The van der Waals surface area contributed by atoms with Gasteiger partial charge in [0.2, 0.25) is 5.91 Å². The summed E-state index contributed by atoms with van der Waals surface area (Å²) in [7, 11) is 1.91. The van der Waals surface area contributed by atoms with Gasteiger partial charge in [-0.3, -0.25) is 4.79 Å². The largest absolute Gasteiger partial charge is 0.482 e. The normalized spacial score (nSPS) is 20.5. The van der Waals surface area contributed by atoms with E-state index in [0.29, 0.717) is 48.0 Å². The molecular weight excluding hydrogens is 564 g/mol. The number of nitrogens with one attached hydrogen (secondary N) is 2. The van der Waals surface area contributed by atoms with Gasteiger partial charge in [-0.1, -0.05) is 6.08 Å². The number of aliphatic hydroxyl groups is 1. The number of amides is 1. The van der Waals surface area contributed by atoms with E-state index in [-0.39, 0.29) is 25.4 Å². The Morgan fingerprint density at radius 1 is 1.30 bits per heavy atom. The molecule has 1 atom stereocenters. The Bertz CT molecular complexity index is 1600. The minimum absolute atomic E-state index is 0.0545. The van der Waals surface area contributed by atoms with Crippen LogP contribution in [0.1, 0.15) is 45.6 Å². The average Bonchev–Trinajstić information content (AvgIpc) is 3.31. The van der Waals surface area contributed by atoms with Crippen molar-refractivity contribution < 1.29 is 28.6 Å². The molecule has 0 saturated carbocycles. The predicted molar refractivity (Wildman–Crippen MR) is 166 cm³/mol. The fourth-order valence-corrected chi connectivity index (χ4v) is 6.26. The van der Waals surface area contributed by atoms with Crippen LogP contribution >= 0.6 is 0 Å². The summed E-state index contributed by atoms with van der Waals surface area (Å²) in [5.41, 5.74) is 6.86. The standard InChI is InChI=1S/C33H42N4O7/c1-5-21(8-9-38)31(41)44-32(2,3)33(15-24-10-22-6-7-30(40)42-26(22)13-27(24)43-33)14-23-11-28(34)36-17-25(23)12-29(39)37-18-20(19-37)16-35-4/h5-7,10-11,13,20,35-36,38H,8-9,12,14-19,34H2,1-4H3/b21-5+/t33-/m0/s1. The van der Waals surface area contributed by atoms with E-state index >= 15 is 0 Å². The molecule has 1 fully saturated rings. The van der Waals surface area contributed by atoms with Crippen molar-refractivity contribution in [3.05, 3.63) is 74.9 Å². The van der Waals surface area contributed by atoms with Gasteiger partial charge in [0, 0.05) is 81.1 Å². The number of hydrogen-bond acceptors (Lipinski definition) is 10. The van der Waals surface area contributed by atoms with E-state index < -0.39 is 22.8 Å². The zero-order valence-electron chi connectivity index (χ0n) is 25.8. The van der Waals surface area contributed by atoms with E-state index in [2.05, 4.69) is 10.6 Å². The molecule has 0 radical (unpaired) electrons. The van der Waals surface area contributed by atoms with Crippen LogP contribution in [0.5, 0.6) is 5.75 Å². The van der Waals surface area contributed by atoms with Gasteiger partial charge in [-0.2, -0.15) is 0 Å². The van der Waals surface area contributed by atoms with E-state index in [4.69, 9.17) is 19.6 Å². The molecule has 44 heavy (non-hydrogen) atoms. The van der Waals surface area contributed by atoms with Crippen LogP contribution in [0.2, 0.25) is 0 Å². The van der Waals surface area contributed by atoms with Crippen molar-refractivity contribution in [2.24, 2.45) is 11.7 Å². The number of ether oxygens (including phenoxy) is 2. The number of aliphatic hydroxyl groups excluding tert-OH is 1. The molecule has 0 unspecified atom stereocenters. The molecule has 0 spiro atoms. The first-order valence-electron chi connectivity index (χ1n) is 15.1. The SMILES string of the molecule is C/C=C(\CCO)C(=O)OC(C)(C)[C@]1(CC2=C(CC(=O)N3CC(CNC)C3)CNC(N)=C2)Cc2cc3ccc(=O)oc3cc2O1. The molecule has 11 nitrogen and oxygen atoms in total. The number of likely N-dealkylation sites (tertiary alicyclic amines) is 1. The van der Waals surface area contributed by atoms with Crippen LogP contribution in [-0.4, -0.2) is 72.9 Å². The molecule has 0 aliphatic carbocycles. The Kier molecular flexibility index (Phi) is 8.90. The molecule has 1 aromatic heterocycles. The molecule has 3 aliphatic heterocycles. The molecule has 4 heterocycles. The van der Waals surface area contributed by atoms with Gasteiger partial charge in [0.15, 0.2) is 5.60 Å². The first-order chi connectivity index (χ1) is 21.0. The number of hydrogen-bond donors (Lipinski definition) is 4. The molecule has 11 heteroatoms. The van der Waals surface area contributed by atoms with Gasteiger partial charge in [-0.25, -0.2) is 9.59 Å². The Labute approximate surface area is 256 Å². The number of rotatable bonds is 11. The van der Waals surface area contributed by atoms with Crippen molar-refractivity contribution in [2.75, 3.05) is 39.8 Å². The molecule has 0 bridgehead atoms. The monoisotopic (exact) mass is 606 g/mol. The topological polar surface area (TPSA) is 156 Å². The first-order valence-corrected chi connectivity index (χ1v) is 15.1. The molecule has 2 aromatic rings. The molecule has 236 valence electrons. The smallest absolute Gasteiger partial charge is 0.336 e. The Morgan fingerprint density at radius 2 is 2.07 bits per heavy atom. The Morgan fingerprint density at radius 3 is 2.77 bits per heavy atom. The summed E-state index contributed by atoms with van der Waals surface area (Å²) in [5.74, 6) is 0.966. The lowest BCUT2D eigenvalue weighted by Crippen LogP contribution is -2.57. The molecule has 1 amide bonds. The maximum Gasteiger partial charge on any atom is 0.336 e. The number of dihydropyridines is 1.